The molecule has 0 spiro atoms. The van der Waals surface area contributed by atoms with Crippen LogP contribution in [0.25, 0.3) is 0 Å². The van der Waals surface area contributed by atoms with E-state index in [0.717, 1.165) is 6.92 Å². The number of carbonyl (C=O) groups excluding carboxylic acids is 1. The molecule has 5 rings (SSSR count). The molecule has 0 aromatic heterocycles. The van der Waals surface area contributed by atoms with Crippen molar-refractivity contribution in [3.05, 3.63) is 0 Å². The summed E-state index contributed by atoms with van der Waals surface area (Å²) >= 11 is 0. The Morgan fingerprint density at radius 3 is 1.59 bits per heavy atom. The van der Waals surface area contributed by atoms with Crippen molar-refractivity contribution in [1.29, 1.82) is 0 Å². The van der Waals surface area contributed by atoms with Gasteiger partial charge in [0.1, 0.15) is 110 Å². The van der Waals surface area contributed by atoms with Crippen LogP contribution in [-0.2, 0) is 57.0 Å². The molecule has 26 nitrogen and oxygen atoms in total. The van der Waals surface area contributed by atoms with Crippen molar-refractivity contribution in [1.82, 2.24) is 0 Å². The van der Waals surface area contributed by atoms with Gasteiger partial charge in [0.2, 0.25) is 0 Å². The van der Waals surface area contributed by atoms with E-state index < -0.39 is 179 Å². The Morgan fingerprint density at radius 1 is 0.483 bits per heavy atom. The number of hydrogen-bond acceptors (Lipinski definition) is 25. The van der Waals surface area contributed by atoms with Crippen LogP contribution in [0, 0.1) is 0 Å². The number of esters is 1. The highest BCUT2D eigenvalue weighted by Gasteiger charge is 2.56. The molecule has 5 saturated heterocycles. The lowest BCUT2D eigenvalue weighted by Gasteiger charge is -2.49. The predicted octanol–water partition coefficient (Wildman–Crippen LogP) is -9.21. The van der Waals surface area contributed by atoms with Gasteiger partial charge >= 0.3 is 11.9 Å². The maximum Gasteiger partial charge on any atom is 0.335 e. The van der Waals surface area contributed by atoms with Crippen molar-refractivity contribution in [3.63, 3.8) is 0 Å². The van der Waals surface area contributed by atoms with Crippen LogP contribution in [0.1, 0.15) is 20.8 Å². The molecule has 58 heavy (non-hydrogen) atoms. The average Bonchev–Trinajstić information content (AvgIpc) is 3.17. The average molecular weight is 853 g/mol. The molecular weight excluding hydrogens is 800 g/mol. The minimum atomic E-state index is -2.13. The minimum Gasteiger partial charge on any atom is -0.479 e. The monoisotopic (exact) mass is 852 g/mol. The Morgan fingerprint density at radius 2 is 0.983 bits per heavy atom. The molecule has 336 valence electrons. The third-order valence-electron chi connectivity index (χ3n) is 10.5. The van der Waals surface area contributed by atoms with Crippen LogP contribution in [-0.4, -0.2) is 250 Å². The quantitative estimate of drug-likeness (QED) is 0.0811. The Balaban J connectivity index is 1.35. The number of carbonyl (C=O) groups is 2. The molecule has 5 aliphatic heterocycles. The van der Waals surface area contributed by atoms with E-state index in [0.29, 0.717) is 0 Å². The van der Waals surface area contributed by atoms with Crippen molar-refractivity contribution in [2.75, 3.05) is 13.2 Å². The van der Waals surface area contributed by atoms with E-state index >= 15 is 0 Å². The first-order valence-corrected chi connectivity index (χ1v) is 18.2. The van der Waals surface area contributed by atoms with Crippen molar-refractivity contribution < 1.29 is 128 Å². The second-order valence-corrected chi connectivity index (χ2v) is 14.6. The molecular formula is C32H52O26. The molecule has 14 N–H and O–H groups in total. The fourth-order valence-corrected chi connectivity index (χ4v) is 7.06. The van der Waals surface area contributed by atoms with Gasteiger partial charge in [-0.1, -0.05) is 0 Å². The van der Waals surface area contributed by atoms with Crippen LogP contribution < -0.4 is 0 Å². The number of aliphatic hydroxyl groups is 13. The summed E-state index contributed by atoms with van der Waals surface area (Å²) in [5, 5.41) is 148. The van der Waals surface area contributed by atoms with E-state index in [2.05, 4.69) is 0 Å². The number of aliphatic carboxylic acids is 1. The predicted molar refractivity (Wildman–Crippen MR) is 174 cm³/mol. The Labute approximate surface area is 328 Å². The minimum absolute atomic E-state index is 0.618. The standard InChI is InChI=1S/C32H52O26/c1-6-11(35)15(39)26(58-29-19(43)14(38)16(40)25(57-29)27(46)47)32(51-6)56-23-12(36)7(2)50-30(20(23)44)55-24-13(37)9(4-33)53-31(21(24)45)54-22-10(5-49-8(3)34)52-28(48)18(42)17(22)41/h6-7,9-26,28-33,35-45,48H,4-5H2,1-3H3,(H,46,47)/t6-,7-,9+,10+,11-,12-,13+,14-,15+,16-,17+,18+,19+,20+,21+,22+,23+,24-,25-,26+,28+,29-,30-,31-,32-/m0/s1. The largest absolute Gasteiger partial charge is 0.479 e. The number of carboxylic acids is 1. The van der Waals surface area contributed by atoms with E-state index in [9.17, 15) is 81.1 Å². The second-order valence-electron chi connectivity index (χ2n) is 14.6. The summed E-state index contributed by atoms with van der Waals surface area (Å²) in [6, 6.07) is 0. The zero-order valence-electron chi connectivity index (χ0n) is 31.0. The van der Waals surface area contributed by atoms with Crippen molar-refractivity contribution in [2.24, 2.45) is 0 Å². The number of hydrogen-bond donors (Lipinski definition) is 14. The molecule has 0 aliphatic carbocycles. The second kappa shape index (κ2) is 19.4. The molecule has 25 atom stereocenters. The maximum absolute atomic E-state index is 11.6. The maximum atomic E-state index is 11.6. The zero-order valence-corrected chi connectivity index (χ0v) is 31.0. The highest BCUT2D eigenvalue weighted by Crippen LogP contribution is 2.36. The SMILES string of the molecule is CC(=O)OC[C@H]1O[C@@H](O)[C@H](O)[C@@H](O)[C@@H]1O[C@@H]1O[C@H](CO)[C@@H](O)[C@H](O[C@@H]2O[C@@H](C)[C@H](O)[C@@H](O[C@@H]3O[C@@H](C)[C@H](O)[C@@H](O)[C@H]3O[C@@H]3O[C@H](C(=O)O)[C@@H](O)[C@H](O)[C@H]3O)[C@H]2O)[C@H]1O. The highest BCUT2D eigenvalue weighted by atomic mass is 16.8. The molecule has 26 heteroatoms. The molecule has 0 aromatic rings. The summed E-state index contributed by atoms with van der Waals surface area (Å²) in [5.41, 5.74) is 0. The van der Waals surface area contributed by atoms with Gasteiger partial charge in [0.05, 0.1) is 18.8 Å². The van der Waals surface area contributed by atoms with Crippen LogP contribution in [0.4, 0.5) is 0 Å². The van der Waals surface area contributed by atoms with Crippen molar-refractivity contribution >= 4 is 11.9 Å². The molecule has 0 saturated carbocycles. The van der Waals surface area contributed by atoms with E-state index in [4.69, 9.17) is 47.4 Å². The van der Waals surface area contributed by atoms with Gasteiger partial charge in [-0.15, -0.1) is 0 Å². The van der Waals surface area contributed by atoms with Crippen LogP contribution in [0.15, 0.2) is 0 Å². The van der Waals surface area contributed by atoms with Gasteiger partial charge in [-0.2, -0.15) is 0 Å². The third kappa shape index (κ3) is 9.73. The third-order valence-corrected chi connectivity index (χ3v) is 10.5. The van der Waals surface area contributed by atoms with Gasteiger partial charge in [0.15, 0.2) is 37.6 Å². The Kier molecular flexibility index (Phi) is 15.8. The lowest BCUT2D eigenvalue weighted by Crippen LogP contribution is -2.67. The molecule has 0 amide bonds. The molecule has 0 aromatic carbocycles. The summed E-state index contributed by atoms with van der Waals surface area (Å²) in [7, 11) is 0. The summed E-state index contributed by atoms with van der Waals surface area (Å²) < 4.78 is 54.9. The number of rotatable bonds is 12. The number of ether oxygens (including phenoxy) is 10. The van der Waals surface area contributed by atoms with Crippen LogP contribution >= 0.6 is 0 Å². The van der Waals surface area contributed by atoms with Crippen LogP contribution in [0.2, 0.25) is 0 Å². The Hall–Kier alpha value is -1.94. The number of aliphatic hydroxyl groups excluding tert-OH is 13. The van der Waals surface area contributed by atoms with E-state index in [-0.39, 0.29) is 0 Å². The summed E-state index contributed by atoms with van der Waals surface area (Å²) in [4.78, 5) is 23.1. The summed E-state index contributed by atoms with van der Waals surface area (Å²) in [6.07, 6.45) is -46.6. The molecule has 5 aliphatic rings. The zero-order chi connectivity index (χ0) is 43.1. The van der Waals surface area contributed by atoms with Crippen molar-refractivity contribution in [2.45, 2.75) is 174 Å². The summed E-state index contributed by atoms with van der Waals surface area (Å²) in [6.45, 7) is 2.09. The first-order chi connectivity index (χ1) is 27.2. The van der Waals surface area contributed by atoms with Crippen molar-refractivity contribution in [3.8, 4) is 0 Å². The van der Waals surface area contributed by atoms with Crippen LogP contribution in [0.5, 0.6) is 0 Å². The summed E-state index contributed by atoms with van der Waals surface area (Å²) in [5.74, 6) is -2.54. The fraction of sp³-hybridized carbons (Fsp3) is 0.938. The van der Waals surface area contributed by atoms with Gasteiger partial charge in [-0.25, -0.2) is 4.79 Å². The Bertz CT molecular complexity index is 1360. The number of carboxylic acid groups (broad SMARTS) is 1. The van der Waals surface area contributed by atoms with Gasteiger partial charge in [0, 0.05) is 6.92 Å². The first kappa shape index (κ1) is 47.1. The van der Waals surface area contributed by atoms with E-state index in [1.54, 1.807) is 0 Å². The van der Waals surface area contributed by atoms with Gasteiger partial charge in [0.25, 0.3) is 0 Å². The topological polar surface area (TPSA) is 410 Å². The molecule has 5 heterocycles. The molecule has 0 unspecified atom stereocenters. The molecule has 0 bridgehead atoms. The van der Waals surface area contributed by atoms with Gasteiger partial charge in [-0.3, -0.25) is 4.79 Å². The van der Waals surface area contributed by atoms with Gasteiger partial charge < -0.3 is 119 Å². The lowest BCUT2D eigenvalue weighted by molar-refractivity contribution is -0.395. The smallest absolute Gasteiger partial charge is 0.335 e. The van der Waals surface area contributed by atoms with E-state index in [1.165, 1.54) is 13.8 Å². The molecule has 5 fully saturated rings. The lowest BCUT2D eigenvalue weighted by atomic mass is 9.95. The highest BCUT2D eigenvalue weighted by molar-refractivity contribution is 5.73. The fourth-order valence-electron chi connectivity index (χ4n) is 7.06. The first-order valence-electron chi connectivity index (χ1n) is 18.2. The molecule has 0 radical (unpaired) electrons. The van der Waals surface area contributed by atoms with Crippen LogP contribution in [0.3, 0.4) is 0 Å². The van der Waals surface area contributed by atoms with Gasteiger partial charge in [-0.05, 0) is 13.8 Å². The van der Waals surface area contributed by atoms with E-state index in [1.807, 2.05) is 0 Å². The normalized spacial score (nSPS) is 51.6.